The monoisotopic (exact) mass is 200 g/mol. The van der Waals surface area contributed by atoms with E-state index in [9.17, 15) is 0 Å². The first kappa shape index (κ1) is 9.04. The molecule has 0 atom stereocenters. The first-order valence-electron chi connectivity index (χ1n) is 4.25. The lowest BCUT2D eigenvalue weighted by molar-refractivity contribution is 1.35. The van der Waals surface area contributed by atoms with Gasteiger partial charge < -0.3 is 0 Å². The lowest BCUT2D eigenvalue weighted by atomic mass is 10.2. The van der Waals surface area contributed by atoms with Gasteiger partial charge in [0.25, 0.3) is 0 Å². The van der Waals surface area contributed by atoms with Crippen LogP contribution in [0, 0.1) is 11.3 Å². The van der Waals surface area contributed by atoms with Crippen molar-refractivity contribution in [2.75, 3.05) is 5.75 Å². The number of nitriles is 1. The number of aromatic nitrogens is 1. The van der Waals surface area contributed by atoms with Crippen molar-refractivity contribution in [2.24, 2.45) is 0 Å². The summed E-state index contributed by atoms with van der Waals surface area (Å²) in [6, 6.07) is 12.0. The minimum absolute atomic E-state index is 0.480. The topological polar surface area (TPSA) is 36.7 Å². The molecule has 1 aromatic heterocycles. The number of thioether (sulfide) groups is 1. The third-order valence-corrected chi connectivity index (χ3v) is 2.84. The second-order valence-electron chi connectivity index (χ2n) is 2.77. The smallest absolute Gasteiger partial charge is 0.0855 e. The highest BCUT2D eigenvalue weighted by Crippen LogP contribution is 2.25. The highest BCUT2D eigenvalue weighted by atomic mass is 32.2. The van der Waals surface area contributed by atoms with Gasteiger partial charge in [-0.3, -0.25) is 4.98 Å². The van der Waals surface area contributed by atoms with Gasteiger partial charge in [-0.25, -0.2) is 0 Å². The van der Waals surface area contributed by atoms with Crippen LogP contribution in [0.2, 0.25) is 0 Å². The van der Waals surface area contributed by atoms with Crippen LogP contribution < -0.4 is 0 Å². The number of pyridine rings is 1. The van der Waals surface area contributed by atoms with Gasteiger partial charge in [-0.05, 0) is 12.1 Å². The summed E-state index contributed by atoms with van der Waals surface area (Å²) in [4.78, 5) is 5.38. The summed E-state index contributed by atoms with van der Waals surface area (Å²) >= 11 is 1.55. The third-order valence-electron chi connectivity index (χ3n) is 1.90. The van der Waals surface area contributed by atoms with E-state index in [4.69, 9.17) is 5.26 Å². The van der Waals surface area contributed by atoms with E-state index in [1.807, 2.05) is 30.3 Å². The molecule has 0 N–H and O–H groups in total. The Morgan fingerprint density at radius 1 is 1.29 bits per heavy atom. The molecule has 0 aliphatic rings. The summed E-state index contributed by atoms with van der Waals surface area (Å²) in [7, 11) is 0. The van der Waals surface area contributed by atoms with E-state index in [2.05, 4.69) is 11.1 Å². The Morgan fingerprint density at radius 2 is 2.14 bits per heavy atom. The van der Waals surface area contributed by atoms with Crippen molar-refractivity contribution in [2.45, 2.75) is 4.90 Å². The van der Waals surface area contributed by atoms with Crippen molar-refractivity contribution < 1.29 is 0 Å². The first-order valence-corrected chi connectivity index (χ1v) is 5.24. The molecule has 0 amide bonds. The molecule has 0 radical (unpaired) electrons. The van der Waals surface area contributed by atoms with E-state index in [1.165, 1.54) is 0 Å². The van der Waals surface area contributed by atoms with Crippen LogP contribution >= 0.6 is 11.8 Å². The maximum atomic E-state index is 8.51. The fraction of sp³-hybridized carbons (Fsp3) is 0.0909. The first-order chi connectivity index (χ1) is 6.92. The summed E-state index contributed by atoms with van der Waals surface area (Å²) in [6.07, 6.45) is 1.78. The van der Waals surface area contributed by atoms with E-state index in [0.717, 1.165) is 15.8 Å². The Hall–Kier alpha value is -1.53. The molecule has 0 aliphatic heterocycles. The van der Waals surface area contributed by atoms with Crippen LogP contribution in [0.1, 0.15) is 0 Å². The molecule has 2 aromatic rings. The lowest BCUT2D eigenvalue weighted by Crippen LogP contribution is -1.81. The molecule has 0 aliphatic carbocycles. The molecular weight excluding hydrogens is 192 g/mol. The summed E-state index contributed by atoms with van der Waals surface area (Å²) in [6.45, 7) is 0. The molecule has 0 saturated carbocycles. The van der Waals surface area contributed by atoms with Crippen molar-refractivity contribution in [1.82, 2.24) is 4.98 Å². The number of fused-ring (bicyclic) bond motifs is 1. The second-order valence-corrected chi connectivity index (χ2v) is 3.79. The molecular formula is C11H8N2S. The van der Waals surface area contributed by atoms with Crippen LogP contribution in [0.4, 0.5) is 0 Å². The molecule has 0 unspecified atom stereocenters. The quantitative estimate of drug-likeness (QED) is 0.699. The molecule has 1 aromatic carbocycles. The predicted octanol–water partition coefficient (Wildman–Crippen LogP) is 2.85. The molecule has 1 heterocycles. The Morgan fingerprint density at radius 3 is 3.00 bits per heavy atom. The van der Waals surface area contributed by atoms with E-state index in [1.54, 1.807) is 18.0 Å². The Kier molecular flexibility index (Phi) is 2.66. The van der Waals surface area contributed by atoms with Gasteiger partial charge in [-0.15, -0.1) is 11.8 Å². The van der Waals surface area contributed by atoms with Gasteiger partial charge in [0.2, 0.25) is 0 Å². The molecule has 14 heavy (non-hydrogen) atoms. The lowest BCUT2D eigenvalue weighted by Gasteiger charge is -2.02. The van der Waals surface area contributed by atoms with Crippen LogP contribution in [0.3, 0.4) is 0 Å². The van der Waals surface area contributed by atoms with Crippen molar-refractivity contribution in [1.29, 1.82) is 5.26 Å². The highest BCUT2D eigenvalue weighted by Gasteiger charge is 2.00. The van der Waals surface area contributed by atoms with Crippen LogP contribution in [0.15, 0.2) is 41.4 Å². The van der Waals surface area contributed by atoms with Crippen molar-refractivity contribution in [3.63, 3.8) is 0 Å². The summed E-state index contributed by atoms with van der Waals surface area (Å²) < 4.78 is 0. The number of hydrogen-bond donors (Lipinski definition) is 0. The van der Waals surface area contributed by atoms with E-state index in [-0.39, 0.29) is 0 Å². The van der Waals surface area contributed by atoms with E-state index < -0.39 is 0 Å². The zero-order valence-corrected chi connectivity index (χ0v) is 8.29. The van der Waals surface area contributed by atoms with E-state index >= 15 is 0 Å². The molecule has 68 valence electrons. The minimum atomic E-state index is 0.480. The molecule has 2 rings (SSSR count). The Balaban J connectivity index is 2.49. The molecule has 0 fully saturated rings. The number of rotatable bonds is 2. The molecule has 2 nitrogen and oxygen atoms in total. The normalized spacial score (nSPS) is 9.93. The van der Waals surface area contributed by atoms with Gasteiger partial charge in [0.05, 0.1) is 17.3 Å². The Labute approximate surface area is 86.6 Å². The van der Waals surface area contributed by atoms with Crippen molar-refractivity contribution in [3.8, 4) is 6.07 Å². The standard InChI is InChI=1S/C11H8N2S/c12-6-8-14-11-5-7-13-10-4-2-1-3-9(10)11/h1-5,7H,8H2. The average Bonchev–Trinajstić information content (AvgIpc) is 2.26. The molecule has 3 heteroatoms. The van der Waals surface area contributed by atoms with Crippen LogP contribution in [0.25, 0.3) is 10.9 Å². The van der Waals surface area contributed by atoms with Gasteiger partial charge in [0, 0.05) is 16.5 Å². The summed E-state index contributed by atoms with van der Waals surface area (Å²) in [5, 5.41) is 9.63. The van der Waals surface area contributed by atoms with Gasteiger partial charge in [-0.1, -0.05) is 18.2 Å². The zero-order valence-electron chi connectivity index (χ0n) is 7.47. The number of nitrogens with zero attached hydrogens (tertiary/aromatic N) is 2. The van der Waals surface area contributed by atoms with Crippen LogP contribution in [-0.4, -0.2) is 10.7 Å². The van der Waals surface area contributed by atoms with Gasteiger partial charge in [-0.2, -0.15) is 5.26 Å². The fourth-order valence-corrected chi connectivity index (χ4v) is 2.01. The fourth-order valence-electron chi connectivity index (χ4n) is 1.31. The third kappa shape index (κ3) is 1.70. The SMILES string of the molecule is N#CCSc1ccnc2ccccc12. The average molecular weight is 200 g/mol. The maximum absolute atomic E-state index is 8.51. The van der Waals surface area contributed by atoms with Crippen LogP contribution in [0.5, 0.6) is 0 Å². The Bertz CT molecular complexity index is 483. The molecule has 0 saturated heterocycles. The van der Waals surface area contributed by atoms with Gasteiger partial charge in [0.1, 0.15) is 0 Å². The maximum Gasteiger partial charge on any atom is 0.0855 e. The summed E-state index contributed by atoms with van der Waals surface area (Å²) in [5.74, 6) is 0.480. The van der Waals surface area contributed by atoms with Gasteiger partial charge >= 0.3 is 0 Å². The summed E-state index contributed by atoms with van der Waals surface area (Å²) in [5.41, 5.74) is 0.982. The largest absolute Gasteiger partial charge is 0.256 e. The van der Waals surface area contributed by atoms with Crippen LogP contribution in [-0.2, 0) is 0 Å². The van der Waals surface area contributed by atoms with Crippen molar-refractivity contribution in [3.05, 3.63) is 36.5 Å². The molecule has 0 spiro atoms. The second kappa shape index (κ2) is 4.12. The number of hydrogen-bond acceptors (Lipinski definition) is 3. The predicted molar refractivity (Wildman–Crippen MR) is 58.1 cm³/mol. The van der Waals surface area contributed by atoms with Crippen molar-refractivity contribution >= 4 is 22.7 Å². The van der Waals surface area contributed by atoms with Gasteiger partial charge in [0.15, 0.2) is 0 Å². The minimum Gasteiger partial charge on any atom is -0.256 e. The number of para-hydroxylation sites is 1. The zero-order chi connectivity index (χ0) is 9.80. The highest BCUT2D eigenvalue weighted by molar-refractivity contribution is 7.99. The molecule has 0 bridgehead atoms. The number of benzene rings is 1. The van der Waals surface area contributed by atoms with E-state index in [0.29, 0.717) is 5.75 Å².